The van der Waals surface area contributed by atoms with Gasteiger partial charge in [-0.1, -0.05) is 48.4 Å². The summed E-state index contributed by atoms with van der Waals surface area (Å²) in [6.07, 6.45) is 12.5. The van der Waals surface area contributed by atoms with Crippen molar-refractivity contribution < 1.29 is 14.6 Å². The van der Waals surface area contributed by atoms with Gasteiger partial charge in [0.1, 0.15) is 24.6 Å². The average Bonchev–Trinajstić information content (AvgIpc) is 3.46. The van der Waals surface area contributed by atoms with Gasteiger partial charge in [0.2, 0.25) is 0 Å². The quantitative estimate of drug-likeness (QED) is 0.468. The average molecular weight is 524 g/mol. The number of hydrogen-bond donors (Lipinski definition) is 1. The fourth-order valence-electron chi connectivity index (χ4n) is 8.64. The van der Waals surface area contributed by atoms with Gasteiger partial charge in [-0.2, -0.15) is 0 Å². The highest BCUT2D eigenvalue weighted by molar-refractivity contribution is 6.30. The number of ether oxygens (including phenoxy) is 1. The maximum absolute atomic E-state index is 13.6. The molecule has 0 saturated heterocycles. The number of nitrogens with zero attached hydrogens (tertiary/aromatic N) is 3. The van der Waals surface area contributed by atoms with Crippen molar-refractivity contribution in [3.05, 3.63) is 52.8 Å². The predicted molar refractivity (Wildman–Crippen MR) is 142 cm³/mol. The molecule has 1 aromatic heterocycles. The van der Waals surface area contributed by atoms with Gasteiger partial charge in [-0.15, -0.1) is 5.10 Å². The first-order chi connectivity index (χ1) is 17.8. The fraction of sp³-hybridized carbons (Fsp3) is 0.633. The zero-order valence-electron chi connectivity index (χ0n) is 21.9. The highest BCUT2D eigenvalue weighted by Gasteiger charge is 2.59. The molecule has 3 saturated carbocycles. The third kappa shape index (κ3) is 4.44. The lowest BCUT2D eigenvalue weighted by Crippen LogP contribution is -2.51. The molecule has 2 aromatic rings. The third-order valence-electron chi connectivity index (χ3n) is 10.6. The van der Waals surface area contributed by atoms with Crippen molar-refractivity contribution in [3.8, 4) is 5.75 Å². The molecule has 37 heavy (non-hydrogen) atoms. The number of carbonyl (C=O) groups excluding carboxylic acids is 1. The zero-order valence-corrected chi connectivity index (χ0v) is 22.7. The van der Waals surface area contributed by atoms with Crippen LogP contribution in [0, 0.1) is 34.5 Å². The molecule has 198 valence electrons. The van der Waals surface area contributed by atoms with Gasteiger partial charge in [-0.05, 0) is 98.1 Å². The van der Waals surface area contributed by atoms with E-state index in [1.807, 2.05) is 18.3 Å². The summed E-state index contributed by atoms with van der Waals surface area (Å²) in [6.45, 7) is 5.40. The van der Waals surface area contributed by atoms with Gasteiger partial charge in [-0.25, -0.2) is 4.68 Å². The Morgan fingerprint density at radius 2 is 2.05 bits per heavy atom. The lowest BCUT2D eigenvalue weighted by atomic mass is 9.47. The number of ketones is 1. The van der Waals surface area contributed by atoms with E-state index < -0.39 is 0 Å². The van der Waals surface area contributed by atoms with Crippen LogP contribution >= 0.6 is 11.6 Å². The van der Waals surface area contributed by atoms with E-state index in [1.165, 1.54) is 12.0 Å². The molecule has 4 aliphatic rings. The lowest BCUT2D eigenvalue weighted by Gasteiger charge is -2.57. The van der Waals surface area contributed by atoms with Crippen LogP contribution in [0.4, 0.5) is 0 Å². The van der Waals surface area contributed by atoms with E-state index >= 15 is 0 Å². The molecule has 6 nitrogen and oxygen atoms in total. The minimum atomic E-state index is -0.168. The summed E-state index contributed by atoms with van der Waals surface area (Å²) in [4.78, 5) is 13.6. The summed E-state index contributed by atoms with van der Waals surface area (Å²) in [7, 11) is 0. The smallest absolute Gasteiger partial charge is 0.157 e. The molecule has 7 heteroatoms. The largest absolute Gasteiger partial charge is 0.487 e. The highest BCUT2D eigenvalue weighted by Crippen LogP contribution is 2.66. The second kappa shape index (κ2) is 9.53. The van der Waals surface area contributed by atoms with Crippen LogP contribution in [0.5, 0.6) is 5.75 Å². The van der Waals surface area contributed by atoms with Crippen LogP contribution in [0.1, 0.15) is 70.9 Å². The highest BCUT2D eigenvalue weighted by atomic mass is 35.5. The number of allylic oxidation sites excluding steroid dienone is 1. The summed E-state index contributed by atoms with van der Waals surface area (Å²) < 4.78 is 7.45. The van der Waals surface area contributed by atoms with Gasteiger partial charge in [-0.3, -0.25) is 4.79 Å². The van der Waals surface area contributed by atoms with E-state index in [1.54, 1.807) is 16.8 Å². The van der Waals surface area contributed by atoms with E-state index in [4.69, 9.17) is 16.3 Å². The fourth-order valence-corrected chi connectivity index (χ4v) is 8.82. The summed E-state index contributed by atoms with van der Waals surface area (Å²) in [5, 5.41) is 19.3. The molecule has 4 aliphatic carbocycles. The first-order valence-electron chi connectivity index (χ1n) is 13.9. The number of carbonyl (C=O) groups is 1. The second-order valence-electron chi connectivity index (χ2n) is 12.5. The Kier molecular flexibility index (Phi) is 6.47. The Labute approximate surface area is 224 Å². The molecule has 6 rings (SSSR count). The summed E-state index contributed by atoms with van der Waals surface area (Å²) >= 11 is 6.03. The maximum Gasteiger partial charge on any atom is 0.157 e. The molecule has 0 aliphatic heterocycles. The molecule has 0 amide bonds. The summed E-state index contributed by atoms with van der Waals surface area (Å²) in [6, 6.07) is 7.27. The number of rotatable bonds is 6. The van der Waals surface area contributed by atoms with Gasteiger partial charge in [0.05, 0.1) is 12.3 Å². The molecule has 0 bridgehead atoms. The van der Waals surface area contributed by atoms with E-state index in [-0.39, 0.29) is 41.8 Å². The Hall–Kier alpha value is -2.18. The standard InChI is InChI=1S/C30H38ClN3O3/c1-29-12-10-22(35)14-19(29)6-7-24-25-8-9-27(30(25,2)13-11-26(24)29)28(36)17-34-16-21(32-33-34)18-37-23-5-3-4-20(31)15-23/h3-6,15-16,22,24-27,35H,7-14,17-18H2,1-2H3/t22-,24-,25-,26-,27+,29-,30-/m0/s1. The Balaban J connectivity index is 1.11. The number of aliphatic hydroxyl groups is 1. The number of aromatic nitrogens is 3. The van der Waals surface area contributed by atoms with E-state index in [9.17, 15) is 9.90 Å². The molecule has 1 N–H and O–H groups in total. The normalized spacial score (nSPS) is 36.8. The van der Waals surface area contributed by atoms with Crippen molar-refractivity contribution >= 4 is 17.4 Å². The minimum Gasteiger partial charge on any atom is -0.487 e. The Morgan fingerprint density at radius 1 is 1.19 bits per heavy atom. The minimum absolute atomic E-state index is 0.0627. The Morgan fingerprint density at radius 3 is 2.89 bits per heavy atom. The monoisotopic (exact) mass is 523 g/mol. The maximum atomic E-state index is 13.6. The van der Waals surface area contributed by atoms with Crippen LogP contribution in [-0.2, 0) is 17.9 Å². The number of benzene rings is 1. The van der Waals surface area contributed by atoms with Gasteiger partial charge in [0, 0.05) is 10.9 Å². The van der Waals surface area contributed by atoms with Crippen molar-refractivity contribution in [1.29, 1.82) is 0 Å². The number of fused-ring (bicyclic) bond motifs is 5. The number of Topliss-reactive ketones (excluding diaryl/α,β-unsaturated/α-hetero) is 1. The van der Waals surface area contributed by atoms with E-state index in [0.29, 0.717) is 34.2 Å². The predicted octanol–water partition coefficient (Wildman–Crippen LogP) is 6.02. The number of halogens is 1. The molecule has 3 fully saturated rings. The lowest BCUT2D eigenvalue weighted by molar-refractivity contribution is -0.130. The van der Waals surface area contributed by atoms with E-state index in [2.05, 4.69) is 30.2 Å². The van der Waals surface area contributed by atoms with Crippen LogP contribution in [-0.4, -0.2) is 32.0 Å². The molecule has 7 atom stereocenters. The first-order valence-corrected chi connectivity index (χ1v) is 14.3. The van der Waals surface area contributed by atoms with Crippen LogP contribution in [0.15, 0.2) is 42.1 Å². The van der Waals surface area contributed by atoms with Gasteiger partial charge < -0.3 is 9.84 Å². The Bertz CT molecular complexity index is 1210. The second-order valence-corrected chi connectivity index (χ2v) is 12.9. The van der Waals surface area contributed by atoms with Crippen molar-refractivity contribution in [2.75, 3.05) is 0 Å². The van der Waals surface area contributed by atoms with Crippen LogP contribution < -0.4 is 4.74 Å². The number of aliphatic hydroxyl groups excluding tert-OH is 1. The molecular weight excluding hydrogens is 486 g/mol. The number of hydrogen-bond acceptors (Lipinski definition) is 5. The van der Waals surface area contributed by atoms with Crippen molar-refractivity contribution in [1.82, 2.24) is 15.0 Å². The molecule has 0 unspecified atom stereocenters. The molecule has 1 aromatic carbocycles. The SMILES string of the molecule is C[C@]12CC[C@H]3[C@@H](CC=C4C[C@@H](O)CC[C@@]43C)[C@@H]1CC[C@@H]2C(=O)Cn1cc(COc2cccc(Cl)c2)nn1. The van der Waals surface area contributed by atoms with Crippen LogP contribution in [0.25, 0.3) is 0 Å². The van der Waals surface area contributed by atoms with Gasteiger partial charge in [0.25, 0.3) is 0 Å². The third-order valence-corrected chi connectivity index (χ3v) is 10.8. The first kappa shape index (κ1) is 25.1. The van der Waals surface area contributed by atoms with Crippen molar-refractivity contribution in [3.63, 3.8) is 0 Å². The molecule has 0 spiro atoms. The van der Waals surface area contributed by atoms with Crippen LogP contribution in [0.2, 0.25) is 5.02 Å². The van der Waals surface area contributed by atoms with Crippen LogP contribution in [0.3, 0.4) is 0 Å². The van der Waals surface area contributed by atoms with Crippen molar-refractivity contribution in [2.24, 2.45) is 34.5 Å². The summed E-state index contributed by atoms with van der Waals surface area (Å²) in [5.41, 5.74) is 2.49. The van der Waals surface area contributed by atoms with Gasteiger partial charge in [0.15, 0.2) is 5.78 Å². The van der Waals surface area contributed by atoms with E-state index in [0.717, 1.165) is 44.9 Å². The zero-order chi connectivity index (χ0) is 25.8. The molecular formula is C30H38ClN3O3. The summed E-state index contributed by atoms with van der Waals surface area (Å²) in [5.74, 6) is 2.99. The van der Waals surface area contributed by atoms with Gasteiger partial charge >= 0.3 is 0 Å². The molecule has 0 radical (unpaired) electrons. The molecule has 1 heterocycles. The van der Waals surface area contributed by atoms with Crippen molar-refractivity contribution in [2.45, 2.75) is 84.5 Å². The topological polar surface area (TPSA) is 77.2 Å².